The van der Waals surface area contributed by atoms with Gasteiger partial charge in [-0.15, -0.1) is 0 Å². The smallest absolute Gasteiger partial charge is 0.335 e. The molecule has 1 N–H and O–H groups in total. The largest absolute Gasteiger partial charge is 0.478 e. The number of carboxylic acid groups (broad SMARTS) is 1. The zero-order valence-electron chi connectivity index (χ0n) is 14.4. The van der Waals surface area contributed by atoms with Crippen molar-refractivity contribution < 1.29 is 14.7 Å². The number of rotatable bonds is 7. The third-order valence-corrected chi connectivity index (χ3v) is 4.49. The summed E-state index contributed by atoms with van der Waals surface area (Å²) < 4.78 is 0. The van der Waals surface area contributed by atoms with E-state index in [1.54, 1.807) is 12.1 Å². The highest BCUT2D eigenvalue weighted by atomic mass is 16.4. The molecular weight excluding hydrogens is 302 g/mol. The number of carboxylic acids is 1. The van der Waals surface area contributed by atoms with E-state index in [1.165, 1.54) is 5.57 Å². The lowest BCUT2D eigenvalue weighted by Gasteiger charge is -2.22. The van der Waals surface area contributed by atoms with Crippen LogP contribution in [0.15, 0.2) is 48.1 Å². The third kappa shape index (κ3) is 4.82. The average molecular weight is 327 g/mol. The lowest BCUT2D eigenvalue weighted by atomic mass is 10.1. The molecule has 2 rings (SSSR count). The van der Waals surface area contributed by atoms with Gasteiger partial charge in [0.2, 0.25) is 5.91 Å². The lowest BCUT2D eigenvalue weighted by molar-refractivity contribution is -0.128. The van der Waals surface area contributed by atoms with Crippen LogP contribution in [0, 0.1) is 0 Å². The van der Waals surface area contributed by atoms with E-state index >= 15 is 0 Å². The molecule has 128 valence electrons. The van der Waals surface area contributed by atoms with Gasteiger partial charge in [-0.3, -0.25) is 4.79 Å². The maximum Gasteiger partial charge on any atom is 0.335 e. The van der Waals surface area contributed by atoms with Crippen molar-refractivity contribution >= 4 is 11.9 Å². The first-order chi connectivity index (χ1) is 11.5. The Morgan fingerprint density at radius 1 is 1.33 bits per heavy atom. The molecule has 24 heavy (non-hydrogen) atoms. The van der Waals surface area contributed by atoms with Gasteiger partial charge in [0.25, 0.3) is 0 Å². The summed E-state index contributed by atoms with van der Waals surface area (Å²) in [4.78, 5) is 24.9. The molecule has 1 fully saturated rings. The fourth-order valence-corrected chi connectivity index (χ4v) is 2.78. The molecule has 0 radical (unpaired) electrons. The summed E-state index contributed by atoms with van der Waals surface area (Å²) >= 11 is 0. The van der Waals surface area contributed by atoms with E-state index in [-0.39, 0.29) is 17.5 Å². The molecular formula is C20H25NO3. The van der Waals surface area contributed by atoms with Crippen LogP contribution in [0.2, 0.25) is 0 Å². The van der Waals surface area contributed by atoms with Crippen molar-refractivity contribution in [2.75, 3.05) is 6.54 Å². The maximum atomic E-state index is 12.1. The van der Waals surface area contributed by atoms with Gasteiger partial charge < -0.3 is 10.0 Å². The van der Waals surface area contributed by atoms with Crippen LogP contribution in [0.25, 0.3) is 0 Å². The first-order valence-electron chi connectivity index (χ1n) is 8.47. The Morgan fingerprint density at radius 3 is 2.67 bits per heavy atom. The standard InChI is InChI=1S/C20H25NO3/c1-3-15(2)5-4-6-18-11-12-19(22)21(18)14-13-16-7-9-17(10-8-16)20(23)24/h4-10,18H,3,11-14H2,1-2H3,(H,23,24)/t18-/m0/s1. The van der Waals surface area contributed by atoms with Gasteiger partial charge in [-0.1, -0.05) is 42.9 Å². The van der Waals surface area contributed by atoms with Gasteiger partial charge in [0.15, 0.2) is 0 Å². The lowest BCUT2D eigenvalue weighted by Crippen LogP contribution is -2.33. The van der Waals surface area contributed by atoms with E-state index in [0.717, 1.165) is 24.8 Å². The molecule has 0 spiro atoms. The summed E-state index contributed by atoms with van der Waals surface area (Å²) in [5.74, 6) is -0.722. The number of likely N-dealkylation sites (tertiary alicyclic amines) is 1. The van der Waals surface area contributed by atoms with Gasteiger partial charge in [0.05, 0.1) is 11.6 Å². The minimum Gasteiger partial charge on any atom is -0.478 e. The van der Waals surface area contributed by atoms with Crippen molar-refractivity contribution in [3.8, 4) is 0 Å². The molecule has 1 saturated heterocycles. The van der Waals surface area contributed by atoms with Gasteiger partial charge in [-0.2, -0.15) is 0 Å². The molecule has 0 saturated carbocycles. The second kappa shape index (κ2) is 8.48. The minimum absolute atomic E-state index is 0.164. The monoisotopic (exact) mass is 327 g/mol. The Bertz CT molecular complexity index is 643. The van der Waals surface area contributed by atoms with Gasteiger partial charge in [0, 0.05) is 13.0 Å². The highest BCUT2D eigenvalue weighted by molar-refractivity contribution is 5.87. The van der Waals surface area contributed by atoms with Crippen LogP contribution in [0.5, 0.6) is 0 Å². The van der Waals surface area contributed by atoms with E-state index < -0.39 is 5.97 Å². The molecule has 1 aromatic rings. The zero-order chi connectivity index (χ0) is 17.5. The summed E-state index contributed by atoms with van der Waals surface area (Å²) in [5, 5.41) is 8.92. The van der Waals surface area contributed by atoms with Crippen molar-refractivity contribution in [2.24, 2.45) is 0 Å². The predicted molar refractivity (Wildman–Crippen MR) is 95.0 cm³/mol. The van der Waals surface area contributed by atoms with E-state index in [4.69, 9.17) is 5.11 Å². The number of aromatic carboxylic acids is 1. The van der Waals surface area contributed by atoms with Crippen molar-refractivity contribution in [1.29, 1.82) is 0 Å². The Hall–Kier alpha value is -2.36. The summed E-state index contributed by atoms with van der Waals surface area (Å²) in [6.45, 7) is 4.89. The number of carbonyl (C=O) groups is 2. The number of carbonyl (C=O) groups excluding carboxylic acids is 1. The van der Waals surface area contributed by atoms with E-state index in [9.17, 15) is 9.59 Å². The number of hydrogen-bond donors (Lipinski definition) is 1. The van der Waals surface area contributed by atoms with Crippen LogP contribution in [0.1, 0.15) is 49.0 Å². The fraction of sp³-hybridized carbons (Fsp3) is 0.400. The first-order valence-corrected chi connectivity index (χ1v) is 8.47. The Labute approximate surface area is 143 Å². The topological polar surface area (TPSA) is 57.6 Å². The summed E-state index contributed by atoms with van der Waals surface area (Å²) in [6, 6.07) is 7.03. The second-order valence-electron chi connectivity index (χ2n) is 6.20. The van der Waals surface area contributed by atoms with Crippen LogP contribution in [-0.2, 0) is 11.2 Å². The number of amides is 1. The normalized spacial score (nSPS) is 18.6. The molecule has 4 heteroatoms. The van der Waals surface area contributed by atoms with Gasteiger partial charge >= 0.3 is 5.97 Å². The van der Waals surface area contributed by atoms with Crippen molar-refractivity contribution in [2.45, 2.75) is 45.6 Å². The van der Waals surface area contributed by atoms with Crippen LogP contribution >= 0.6 is 0 Å². The maximum absolute atomic E-state index is 12.1. The van der Waals surface area contributed by atoms with E-state index in [0.29, 0.717) is 13.0 Å². The van der Waals surface area contributed by atoms with Crippen molar-refractivity contribution in [3.63, 3.8) is 0 Å². The Morgan fingerprint density at radius 2 is 2.04 bits per heavy atom. The molecule has 0 unspecified atom stereocenters. The number of nitrogens with zero attached hydrogens (tertiary/aromatic N) is 1. The molecule has 1 aromatic carbocycles. The van der Waals surface area contributed by atoms with Crippen LogP contribution in [0.4, 0.5) is 0 Å². The molecule has 1 aliphatic heterocycles. The molecule has 1 heterocycles. The number of hydrogen-bond acceptors (Lipinski definition) is 2. The van der Waals surface area contributed by atoms with Crippen molar-refractivity contribution in [1.82, 2.24) is 4.90 Å². The van der Waals surface area contributed by atoms with E-state index in [2.05, 4.69) is 32.1 Å². The SMILES string of the molecule is CCC(C)=CC=C[C@H]1CCC(=O)N1CCc1ccc(C(=O)O)cc1. The summed E-state index contributed by atoms with van der Waals surface area (Å²) in [7, 11) is 0. The predicted octanol–water partition coefficient (Wildman–Crippen LogP) is 3.83. The Kier molecular flexibility index (Phi) is 6.36. The molecule has 1 amide bonds. The van der Waals surface area contributed by atoms with Crippen LogP contribution in [0.3, 0.4) is 0 Å². The molecule has 0 aromatic heterocycles. The zero-order valence-corrected chi connectivity index (χ0v) is 14.4. The molecule has 0 aliphatic carbocycles. The number of benzene rings is 1. The molecule has 4 nitrogen and oxygen atoms in total. The summed E-state index contributed by atoms with van der Waals surface area (Å²) in [6.07, 6.45) is 9.50. The fourth-order valence-electron chi connectivity index (χ4n) is 2.78. The van der Waals surface area contributed by atoms with Crippen LogP contribution in [-0.4, -0.2) is 34.5 Å². The van der Waals surface area contributed by atoms with Crippen LogP contribution < -0.4 is 0 Å². The summed E-state index contributed by atoms with van der Waals surface area (Å²) in [5.41, 5.74) is 2.65. The molecule has 1 atom stereocenters. The third-order valence-electron chi connectivity index (χ3n) is 4.49. The Balaban J connectivity index is 1.96. The highest BCUT2D eigenvalue weighted by Gasteiger charge is 2.28. The minimum atomic E-state index is -0.920. The van der Waals surface area contributed by atoms with Crippen molar-refractivity contribution in [3.05, 3.63) is 59.2 Å². The quantitative estimate of drug-likeness (QED) is 0.774. The van der Waals surface area contributed by atoms with E-state index in [1.807, 2.05) is 17.0 Å². The van der Waals surface area contributed by atoms with Gasteiger partial charge in [0.1, 0.15) is 0 Å². The van der Waals surface area contributed by atoms with Gasteiger partial charge in [-0.25, -0.2) is 4.79 Å². The average Bonchev–Trinajstić information content (AvgIpc) is 2.93. The van der Waals surface area contributed by atoms with Gasteiger partial charge in [-0.05, 0) is 43.9 Å². The first kappa shape index (κ1) is 18.0. The molecule has 0 bridgehead atoms. The highest BCUT2D eigenvalue weighted by Crippen LogP contribution is 2.20. The molecule has 1 aliphatic rings. The second-order valence-corrected chi connectivity index (χ2v) is 6.20. The number of allylic oxidation sites excluding steroid dienone is 3.